The van der Waals surface area contributed by atoms with Gasteiger partial charge in [0, 0.05) is 24.3 Å². The van der Waals surface area contributed by atoms with Crippen LogP contribution in [0.25, 0.3) is 0 Å². The van der Waals surface area contributed by atoms with Gasteiger partial charge in [0.1, 0.15) is 18.3 Å². The van der Waals surface area contributed by atoms with Gasteiger partial charge in [-0.1, -0.05) is 19.1 Å². The van der Waals surface area contributed by atoms with Crippen molar-refractivity contribution in [1.29, 1.82) is 0 Å². The molecule has 154 valence electrons. The minimum Gasteiger partial charge on any atom is -0.472 e. The van der Waals surface area contributed by atoms with Gasteiger partial charge in [-0.15, -0.1) is 0 Å². The van der Waals surface area contributed by atoms with Crippen molar-refractivity contribution >= 4 is 17.9 Å². The first-order valence-electron chi connectivity index (χ1n) is 10.1. The van der Waals surface area contributed by atoms with Gasteiger partial charge in [-0.05, 0) is 25.3 Å². The molecule has 6 atom stereocenters. The minimum atomic E-state index is -1.03. The van der Waals surface area contributed by atoms with E-state index in [9.17, 15) is 14.4 Å². The summed E-state index contributed by atoms with van der Waals surface area (Å²) in [5.74, 6) is -1.89. The van der Waals surface area contributed by atoms with Crippen LogP contribution < -0.4 is 0 Å². The van der Waals surface area contributed by atoms with Gasteiger partial charge in [-0.2, -0.15) is 0 Å². The standard InChI is InChI=1S/C22H24O7/c1-13(23)29-22-7-3-4-16-18(24)27-12-21(16,22)8-5-15-19(25)28-17(10-20(15,22)2)14-6-9-26-11-14/h3-4,6,9,11,15-17H,5,7-8,10,12H2,1-2H3. The van der Waals surface area contributed by atoms with E-state index in [4.69, 9.17) is 18.6 Å². The summed E-state index contributed by atoms with van der Waals surface area (Å²) in [7, 11) is 0. The Morgan fingerprint density at radius 1 is 1.28 bits per heavy atom. The van der Waals surface area contributed by atoms with Gasteiger partial charge >= 0.3 is 17.9 Å². The van der Waals surface area contributed by atoms with Crippen LogP contribution in [-0.4, -0.2) is 30.1 Å². The van der Waals surface area contributed by atoms with Gasteiger partial charge in [0.15, 0.2) is 0 Å². The van der Waals surface area contributed by atoms with Gasteiger partial charge in [0.2, 0.25) is 0 Å². The van der Waals surface area contributed by atoms with E-state index < -0.39 is 40.3 Å². The van der Waals surface area contributed by atoms with Crippen LogP contribution in [0.15, 0.2) is 35.2 Å². The maximum atomic E-state index is 13.1. The van der Waals surface area contributed by atoms with Crippen LogP contribution in [0.4, 0.5) is 0 Å². The molecule has 5 rings (SSSR count). The molecule has 1 aromatic heterocycles. The molecule has 2 aliphatic carbocycles. The third-order valence-corrected chi connectivity index (χ3v) is 7.82. The summed E-state index contributed by atoms with van der Waals surface area (Å²) in [6.45, 7) is 3.59. The Labute approximate surface area is 168 Å². The Balaban J connectivity index is 1.68. The molecule has 4 aliphatic rings. The van der Waals surface area contributed by atoms with E-state index in [0.29, 0.717) is 25.7 Å². The highest BCUT2D eigenvalue weighted by molar-refractivity contribution is 5.81. The third kappa shape index (κ3) is 2.21. The number of carbonyl (C=O) groups excluding carboxylic acids is 3. The summed E-state index contributed by atoms with van der Waals surface area (Å²) >= 11 is 0. The van der Waals surface area contributed by atoms with Crippen molar-refractivity contribution in [3.63, 3.8) is 0 Å². The molecule has 0 radical (unpaired) electrons. The van der Waals surface area contributed by atoms with E-state index in [2.05, 4.69) is 0 Å². The predicted molar refractivity (Wildman–Crippen MR) is 98.1 cm³/mol. The molecule has 0 N–H and O–H groups in total. The molecule has 1 saturated carbocycles. The van der Waals surface area contributed by atoms with Crippen molar-refractivity contribution < 1.29 is 33.0 Å². The van der Waals surface area contributed by atoms with Gasteiger partial charge in [-0.25, -0.2) is 0 Å². The minimum absolute atomic E-state index is 0.196. The highest BCUT2D eigenvalue weighted by Gasteiger charge is 2.76. The smallest absolute Gasteiger partial charge is 0.313 e. The number of rotatable bonds is 2. The summed E-state index contributed by atoms with van der Waals surface area (Å²) in [4.78, 5) is 38.0. The second kappa shape index (κ2) is 5.97. The van der Waals surface area contributed by atoms with Crippen molar-refractivity contribution in [3.8, 4) is 0 Å². The molecule has 29 heavy (non-hydrogen) atoms. The topological polar surface area (TPSA) is 92.0 Å². The average molecular weight is 400 g/mol. The number of furan rings is 1. The maximum absolute atomic E-state index is 13.1. The molecule has 1 aromatic rings. The van der Waals surface area contributed by atoms with Gasteiger partial charge in [-0.3, -0.25) is 14.4 Å². The Morgan fingerprint density at radius 2 is 2.10 bits per heavy atom. The lowest BCUT2D eigenvalue weighted by molar-refractivity contribution is -0.268. The molecular weight excluding hydrogens is 376 g/mol. The lowest BCUT2D eigenvalue weighted by Gasteiger charge is -2.65. The molecule has 1 spiro atoms. The maximum Gasteiger partial charge on any atom is 0.313 e. The monoisotopic (exact) mass is 400 g/mol. The van der Waals surface area contributed by atoms with Crippen molar-refractivity contribution in [3.05, 3.63) is 36.3 Å². The second-order valence-electron chi connectivity index (χ2n) is 8.99. The summed E-state index contributed by atoms with van der Waals surface area (Å²) in [5.41, 5.74) is -1.64. The van der Waals surface area contributed by atoms with Crippen LogP contribution in [0.3, 0.4) is 0 Å². The number of ether oxygens (including phenoxy) is 3. The van der Waals surface area contributed by atoms with Crippen molar-refractivity contribution in [2.24, 2.45) is 22.7 Å². The fraction of sp³-hybridized carbons (Fsp3) is 0.591. The molecule has 0 aromatic carbocycles. The van der Waals surface area contributed by atoms with E-state index in [-0.39, 0.29) is 18.5 Å². The molecule has 3 heterocycles. The van der Waals surface area contributed by atoms with Crippen LogP contribution in [-0.2, 0) is 28.6 Å². The number of carbonyl (C=O) groups is 3. The van der Waals surface area contributed by atoms with Crippen LogP contribution in [0.5, 0.6) is 0 Å². The Kier molecular flexibility index (Phi) is 3.80. The normalized spacial score (nSPS) is 42.9. The molecule has 0 amide bonds. The molecule has 2 aliphatic heterocycles. The number of cyclic esters (lactones) is 2. The van der Waals surface area contributed by atoms with Crippen LogP contribution in [0, 0.1) is 22.7 Å². The quantitative estimate of drug-likeness (QED) is 0.428. The lowest BCUT2D eigenvalue weighted by atomic mass is 9.42. The van der Waals surface area contributed by atoms with Crippen LogP contribution in [0.2, 0.25) is 0 Å². The first-order valence-corrected chi connectivity index (χ1v) is 10.1. The fourth-order valence-electron chi connectivity index (χ4n) is 6.53. The molecule has 2 saturated heterocycles. The zero-order valence-corrected chi connectivity index (χ0v) is 16.5. The van der Waals surface area contributed by atoms with Crippen LogP contribution in [0.1, 0.15) is 51.2 Å². The average Bonchev–Trinajstić information content (AvgIpc) is 3.30. The molecule has 7 heteroatoms. The molecule has 3 fully saturated rings. The van der Waals surface area contributed by atoms with Gasteiger partial charge in [0.05, 0.1) is 29.8 Å². The summed E-state index contributed by atoms with van der Waals surface area (Å²) in [5, 5.41) is 0. The van der Waals surface area contributed by atoms with Gasteiger partial charge < -0.3 is 18.6 Å². The largest absolute Gasteiger partial charge is 0.472 e. The summed E-state index contributed by atoms with van der Waals surface area (Å²) in [6.07, 6.45) is 8.46. The van der Waals surface area contributed by atoms with E-state index in [0.717, 1.165) is 5.56 Å². The Morgan fingerprint density at radius 3 is 2.83 bits per heavy atom. The lowest BCUT2D eigenvalue weighted by Crippen LogP contribution is -2.71. The number of hydrogen-bond acceptors (Lipinski definition) is 7. The van der Waals surface area contributed by atoms with Crippen molar-refractivity contribution in [2.45, 2.75) is 51.2 Å². The highest BCUT2D eigenvalue weighted by atomic mass is 16.6. The molecular formula is C22H24O7. The van der Waals surface area contributed by atoms with E-state index >= 15 is 0 Å². The summed E-state index contributed by atoms with van der Waals surface area (Å²) < 4.78 is 22.6. The number of hydrogen-bond donors (Lipinski definition) is 0. The van der Waals surface area contributed by atoms with E-state index in [1.165, 1.54) is 6.92 Å². The fourth-order valence-corrected chi connectivity index (χ4v) is 6.53. The highest BCUT2D eigenvalue weighted by Crippen LogP contribution is 2.69. The van der Waals surface area contributed by atoms with Crippen molar-refractivity contribution in [1.82, 2.24) is 0 Å². The van der Waals surface area contributed by atoms with E-state index in [1.807, 2.05) is 19.1 Å². The third-order valence-electron chi connectivity index (χ3n) is 7.82. The predicted octanol–water partition coefficient (Wildman–Crippen LogP) is 3.11. The second-order valence-corrected chi connectivity index (χ2v) is 8.99. The first-order chi connectivity index (χ1) is 13.8. The Bertz CT molecular complexity index is 902. The zero-order valence-electron chi connectivity index (χ0n) is 16.5. The Hall–Kier alpha value is -2.57. The van der Waals surface area contributed by atoms with E-state index in [1.54, 1.807) is 18.6 Å². The first kappa shape index (κ1) is 18.5. The number of esters is 3. The summed E-state index contributed by atoms with van der Waals surface area (Å²) in [6, 6.07) is 1.78. The SMILES string of the molecule is CC(=O)OC12CC=CC3C(=O)OCC31CCC1C(=O)OC(c3ccoc3)CC12C. The zero-order chi connectivity index (χ0) is 20.4. The molecule has 0 bridgehead atoms. The molecule has 6 unspecified atom stereocenters. The number of fused-ring (bicyclic) bond motifs is 2. The van der Waals surface area contributed by atoms with Gasteiger partial charge in [0.25, 0.3) is 0 Å². The van der Waals surface area contributed by atoms with Crippen molar-refractivity contribution in [2.75, 3.05) is 6.61 Å². The van der Waals surface area contributed by atoms with Crippen LogP contribution >= 0.6 is 0 Å². The molecule has 7 nitrogen and oxygen atoms in total.